The molecule has 0 aromatic heterocycles. The molecule has 5 aliphatic carbocycles. The van der Waals surface area contributed by atoms with E-state index < -0.39 is 28.0 Å². The average molecular weight is 479 g/mol. The average Bonchev–Trinajstić information content (AvgIpc) is 2.72. The number of rotatable bonds is 7. The normalized spacial score (nSPS) is 34.3. The van der Waals surface area contributed by atoms with Crippen molar-refractivity contribution < 1.29 is 27.5 Å². The molecule has 5 aliphatic rings. The summed E-state index contributed by atoms with van der Waals surface area (Å²) < 4.78 is 44.9. The molecule has 2 amide bonds. The Labute approximate surface area is 194 Å². The quantitative estimate of drug-likeness (QED) is 0.581. The van der Waals surface area contributed by atoms with Crippen molar-refractivity contribution in [3.05, 3.63) is 24.0 Å². The van der Waals surface area contributed by atoms with Gasteiger partial charge < -0.3 is 20.3 Å². The van der Waals surface area contributed by atoms with E-state index >= 15 is 0 Å². The molecule has 0 radical (unpaired) electrons. The Morgan fingerprint density at radius 3 is 2.39 bits per heavy atom. The first-order valence-electron chi connectivity index (χ1n) is 11.5. The molecule has 0 saturated heterocycles. The molecule has 0 heterocycles. The summed E-state index contributed by atoms with van der Waals surface area (Å²) in [7, 11) is 1.33. The number of carbonyl (C=O) groups excluding carboxylic acids is 2. The summed E-state index contributed by atoms with van der Waals surface area (Å²) in [5.41, 5.74) is 4.11. The number of amides is 2. The van der Waals surface area contributed by atoms with Crippen LogP contribution in [0.15, 0.2) is 18.2 Å². The molecular weight excluding hydrogens is 449 g/mol. The van der Waals surface area contributed by atoms with E-state index in [2.05, 4.69) is 5.32 Å². The van der Waals surface area contributed by atoms with Crippen molar-refractivity contribution >= 4 is 28.8 Å². The summed E-state index contributed by atoms with van der Waals surface area (Å²) in [5.74, 6) is -0.508. The highest BCUT2D eigenvalue weighted by atomic mass is 32.2. The lowest BCUT2D eigenvalue weighted by molar-refractivity contribution is -0.148. The Morgan fingerprint density at radius 1 is 1.24 bits per heavy atom. The highest BCUT2D eigenvalue weighted by Crippen LogP contribution is 2.60. The molecule has 33 heavy (non-hydrogen) atoms. The van der Waals surface area contributed by atoms with Gasteiger partial charge in [0.25, 0.3) is 0 Å². The van der Waals surface area contributed by atoms with Gasteiger partial charge in [-0.05, 0) is 81.3 Å². The fourth-order valence-corrected chi connectivity index (χ4v) is 7.98. The molecule has 3 atom stereocenters. The summed E-state index contributed by atoms with van der Waals surface area (Å²) in [6, 6.07) is 3.79. The molecule has 8 nitrogen and oxygen atoms in total. The smallest absolute Gasteiger partial charge is 0.247 e. The number of halogens is 1. The number of primary amides is 1. The van der Waals surface area contributed by atoms with Gasteiger partial charge in [-0.1, -0.05) is 0 Å². The highest BCUT2D eigenvalue weighted by Gasteiger charge is 2.59. The molecule has 1 aromatic rings. The number of hydrogen-bond acceptors (Lipinski definition) is 5. The van der Waals surface area contributed by atoms with E-state index in [1.54, 1.807) is 0 Å². The number of nitrogens with zero attached hydrogens (tertiary/aromatic N) is 1. The zero-order valence-electron chi connectivity index (χ0n) is 18.6. The van der Waals surface area contributed by atoms with E-state index in [1.165, 1.54) is 19.2 Å². The molecule has 10 heteroatoms. The lowest BCUT2D eigenvalue weighted by Crippen LogP contribution is -2.68. The van der Waals surface area contributed by atoms with E-state index in [9.17, 15) is 22.7 Å². The molecule has 3 N–H and O–H groups in total. The number of benzene rings is 1. The number of ether oxygens (including phenoxy) is 1. The predicted octanol–water partition coefficient (Wildman–Crippen LogP) is 2.15. The molecule has 0 spiro atoms. The minimum Gasteiger partial charge on any atom is -0.755 e. The zero-order chi connectivity index (χ0) is 23.5. The lowest BCUT2D eigenvalue weighted by Gasteiger charge is -2.59. The van der Waals surface area contributed by atoms with Gasteiger partial charge in [-0.25, -0.2) is 4.39 Å². The number of anilines is 1. The van der Waals surface area contributed by atoms with Crippen LogP contribution in [-0.2, 0) is 20.9 Å². The lowest BCUT2D eigenvalue weighted by atomic mass is 9.47. The molecule has 180 valence electrons. The van der Waals surface area contributed by atoms with E-state index in [0.717, 1.165) is 29.6 Å². The summed E-state index contributed by atoms with van der Waals surface area (Å²) in [6.45, 7) is 0. The molecule has 3 unspecified atom stereocenters. The van der Waals surface area contributed by atoms with Gasteiger partial charge in [-0.2, -0.15) is 0 Å². The van der Waals surface area contributed by atoms with Crippen LogP contribution in [0.3, 0.4) is 0 Å². The molecular formula is C23H29FN3O5S-. The van der Waals surface area contributed by atoms with Crippen LogP contribution in [0.4, 0.5) is 10.1 Å². The van der Waals surface area contributed by atoms with Gasteiger partial charge in [-0.3, -0.25) is 18.1 Å². The first-order chi connectivity index (χ1) is 15.7. The molecule has 0 aliphatic heterocycles. The Bertz CT molecular complexity index is 1000. The minimum absolute atomic E-state index is 0.000492. The molecule has 1 aromatic carbocycles. The fraction of sp³-hybridized carbons (Fsp3) is 0.652. The third kappa shape index (κ3) is 3.44. The highest BCUT2D eigenvalue weighted by molar-refractivity contribution is 7.80. The number of nitrogens with two attached hydrogens (primary N) is 1. The van der Waals surface area contributed by atoms with Crippen LogP contribution in [-0.4, -0.2) is 39.3 Å². The van der Waals surface area contributed by atoms with Crippen LogP contribution in [0.25, 0.3) is 0 Å². The second kappa shape index (κ2) is 7.94. The third-order valence-electron chi connectivity index (χ3n) is 8.60. The summed E-state index contributed by atoms with van der Waals surface area (Å²) >= 11 is -2.78. The maximum atomic E-state index is 14.4. The van der Waals surface area contributed by atoms with Gasteiger partial charge in [0.05, 0.1) is 12.8 Å². The topological polar surface area (TPSA) is 125 Å². The SMILES string of the molecule is COc1ccc(N(S(=O)[O-])C2(C(=O)NC3C4CC5CC3CC(C(N)=O)(C5)C4)CCC2)cc1F. The van der Waals surface area contributed by atoms with Crippen LogP contribution >= 0.6 is 0 Å². The zero-order valence-corrected chi connectivity index (χ0v) is 19.4. The van der Waals surface area contributed by atoms with Gasteiger partial charge >= 0.3 is 0 Å². The van der Waals surface area contributed by atoms with Gasteiger partial charge in [0.15, 0.2) is 11.6 Å². The van der Waals surface area contributed by atoms with E-state index in [4.69, 9.17) is 10.5 Å². The number of methoxy groups -OCH3 is 1. The van der Waals surface area contributed by atoms with Crippen LogP contribution < -0.4 is 20.1 Å². The Morgan fingerprint density at radius 2 is 1.91 bits per heavy atom. The second-order valence-corrected chi connectivity index (χ2v) is 11.1. The molecule has 4 bridgehead atoms. The Kier molecular flexibility index (Phi) is 5.43. The van der Waals surface area contributed by atoms with Crippen LogP contribution in [0.2, 0.25) is 0 Å². The first kappa shape index (κ1) is 22.6. The van der Waals surface area contributed by atoms with Crippen molar-refractivity contribution in [2.24, 2.45) is 28.9 Å². The standard InChI is InChI=1S/C23H30FN3O5S/c1-32-18-4-3-16(9-17(18)24)27(33(30)31)23(5-2-6-23)21(29)26-19-14-7-13-8-15(19)12-22(10-13,11-14)20(25)28/h3-4,9,13-15,19H,2,5-8,10-12H2,1H3,(H2,25,28)(H,26,29)(H,30,31)/p-1. The van der Waals surface area contributed by atoms with Crippen molar-refractivity contribution in [1.82, 2.24) is 5.32 Å². The monoisotopic (exact) mass is 478 g/mol. The van der Waals surface area contributed by atoms with Gasteiger partial charge in [0.1, 0.15) is 5.54 Å². The van der Waals surface area contributed by atoms with Crippen molar-refractivity contribution in [1.29, 1.82) is 0 Å². The van der Waals surface area contributed by atoms with E-state index in [0.29, 0.717) is 38.0 Å². The summed E-state index contributed by atoms with van der Waals surface area (Å²) in [4.78, 5) is 25.9. The van der Waals surface area contributed by atoms with E-state index in [1.807, 2.05) is 0 Å². The molecule has 5 saturated carbocycles. The largest absolute Gasteiger partial charge is 0.755 e. The van der Waals surface area contributed by atoms with Crippen molar-refractivity contribution in [3.63, 3.8) is 0 Å². The summed E-state index contributed by atoms with van der Waals surface area (Å²) in [5, 5.41) is 3.18. The Balaban J connectivity index is 1.41. The van der Waals surface area contributed by atoms with Crippen LogP contribution in [0.5, 0.6) is 5.75 Å². The summed E-state index contributed by atoms with van der Waals surface area (Å²) in [6.07, 6.45) is 5.50. The second-order valence-electron chi connectivity index (χ2n) is 10.3. The Hall–Kier alpha value is -2.20. The van der Waals surface area contributed by atoms with Gasteiger partial charge in [0.2, 0.25) is 11.8 Å². The van der Waals surface area contributed by atoms with Crippen LogP contribution in [0.1, 0.15) is 51.4 Å². The predicted molar refractivity (Wildman–Crippen MR) is 118 cm³/mol. The maximum absolute atomic E-state index is 14.4. The van der Waals surface area contributed by atoms with Crippen molar-refractivity contribution in [3.8, 4) is 5.75 Å². The van der Waals surface area contributed by atoms with Crippen molar-refractivity contribution in [2.45, 2.75) is 62.9 Å². The molecule has 6 rings (SSSR count). The van der Waals surface area contributed by atoms with Crippen molar-refractivity contribution in [2.75, 3.05) is 11.4 Å². The minimum atomic E-state index is -2.78. The number of nitrogens with one attached hydrogen (secondary N) is 1. The number of carbonyl (C=O) groups is 2. The van der Waals surface area contributed by atoms with E-state index in [-0.39, 0.29) is 41.1 Å². The van der Waals surface area contributed by atoms with Gasteiger partial charge in [-0.15, -0.1) is 0 Å². The fourth-order valence-electron chi connectivity index (χ4n) is 7.14. The van der Waals surface area contributed by atoms with Crippen LogP contribution in [0, 0.1) is 29.0 Å². The maximum Gasteiger partial charge on any atom is 0.247 e. The third-order valence-corrected chi connectivity index (χ3v) is 9.46. The first-order valence-corrected chi connectivity index (χ1v) is 12.6. The number of hydrogen-bond donors (Lipinski definition) is 2. The van der Waals surface area contributed by atoms with Gasteiger partial charge in [0, 0.05) is 28.8 Å². The molecule has 5 fully saturated rings.